The van der Waals surface area contributed by atoms with Gasteiger partial charge >= 0.3 is 12.2 Å². The van der Waals surface area contributed by atoms with Gasteiger partial charge in [0.15, 0.2) is 5.82 Å². The molecule has 4 amide bonds. The van der Waals surface area contributed by atoms with Gasteiger partial charge in [0.05, 0.1) is 18.3 Å². The molecule has 4 N–H and O–H groups in total. The maximum atomic E-state index is 13.3. The lowest BCUT2D eigenvalue weighted by molar-refractivity contribution is -0.149. The van der Waals surface area contributed by atoms with E-state index in [1.54, 1.807) is 6.07 Å². The highest BCUT2D eigenvalue weighted by molar-refractivity contribution is 6.05. The first-order chi connectivity index (χ1) is 17.1. The Hall–Kier alpha value is -3.94. The third kappa shape index (κ3) is 5.17. The van der Waals surface area contributed by atoms with Crippen molar-refractivity contribution in [2.24, 2.45) is 0 Å². The smallest absolute Gasteiger partial charge is 0.395 e. The number of fused-ring (bicyclic) bond motifs is 4. The minimum Gasteiger partial charge on any atom is -0.395 e. The molecule has 2 bridgehead atoms. The number of carbonyl (C=O) groups excluding carboxylic acids is 3. The standard InChI is InChI=1S/C22H24F3N7O4/c1-12(22(23,24)25)28-20(35)15-2-3-16-18(29-15)32(14-5-8-31(16)11-14)21(36)30-17-10-13(4-6-26-17)19(34)27-7-9-33/h2-4,6,10,12,14,33H,5,7-9,11H2,1H3,(H,27,34)(H,28,35)(H,26,30,36)/t12-,14?/m1/s1. The summed E-state index contributed by atoms with van der Waals surface area (Å²) < 4.78 is 38.6. The van der Waals surface area contributed by atoms with Crippen molar-refractivity contribution in [3.8, 4) is 0 Å². The summed E-state index contributed by atoms with van der Waals surface area (Å²) >= 11 is 0. The summed E-state index contributed by atoms with van der Waals surface area (Å²) in [5.41, 5.74) is 0.533. The summed E-state index contributed by atoms with van der Waals surface area (Å²) in [5.74, 6) is -1.24. The van der Waals surface area contributed by atoms with Crippen LogP contribution in [0.2, 0.25) is 0 Å². The Morgan fingerprint density at radius 2 is 2.00 bits per heavy atom. The van der Waals surface area contributed by atoms with Gasteiger partial charge < -0.3 is 20.6 Å². The summed E-state index contributed by atoms with van der Waals surface area (Å²) in [6, 6.07) is 2.72. The summed E-state index contributed by atoms with van der Waals surface area (Å²) in [4.78, 5) is 49.6. The Balaban J connectivity index is 1.57. The van der Waals surface area contributed by atoms with Gasteiger partial charge in [0.2, 0.25) is 0 Å². The molecule has 1 saturated heterocycles. The van der Waals surface area contributed by atoms with Gasteiger partial charge in [-0.05, 0) is 37.6 Å². The van der Waals surface area contributed by atoms with Crippen LogP contribution in [0, 0.1) is 0 Å². The SMILES string of the molecule is C[C@@H](NC(=O)c1ccc2c(n1)N(C(=O)Nc1cc(C(=O)NCCO)ccn1)C1CCN2C1)C(F)(F)F. The average molecular weight is 507 g/mol. The van der Waals surface area contributed by atoms with E-state index in [4.69, 9.17) is 5.11 Å². The number of hydrogen-bond acceptors (Lipinski definition) is 7. The summed E-state index contributed by atoms with van der Waals surface area (Å²) in [7, 11) is 0. The zero-order valence-electron chi connectivity index (χ0n) is 19.2. The van der Waals surface area contributed by atoms with Crippen molar-refractivity contribution in [3.05, 3.63) is 41.7 Å². The molecule has 2 aliphatic rings. The molecule has 2 aromatic heterocycles. The molecule has 2 aromatic rings. The van der Waals surface area contributed by atoms with Crippen molar-refractivity contribution in [2.75, 3.05) is 41.4 Å². The number of aromatic nitrogens is 2. The number of nitrogens with one attached hydrogen (secondary N) is 3. The number of hydrogen-bond donors (Lipinski definition) is 4. The zero-order chi connectivity index (χ0) is 26.0. The van der Waals surface area contributed by atoms with E-state index in [0.717, 1.165) is 6.92 Å². The van der Waals surface area contributed by atoms with Crippen LogP contribution in [0.25, 0.3) is 0 Å². The fourth-order valence-electron chi connectivity index (χ4n) is 4.03. The van der Waals surface area contributed by atoms with E-state index in [0.29, 0.717) is 25.2 Å². The number of amides is 4. The highest BCUT2D eigenvalue weighted by atomic mass is 19.4. The zero-order valence-corrected chi connectivity index (χ0v) is 19.2. The van der Waals surface area contributed by atoms with E-state index in [-0.39, 0.29) is 42.1 Å². The van der Waals surface area contributed by atoms with Crippen LogP contribution in [-0.2, 0) is 0 Å². The van der Waals surface area contributed by atoms with Crippen LogP contribution in [0.4, 0.5) is 35.3 Å². The number of halogens is 3. The van der Waals surface area contributed by atoms with E-state index in [1.807, 2.05) is 10.2 Å². The third-order valence-electron chi connectivity index (χ3n) is 5.90. The first kappa shape index (κ1) is 25.2. The lowest BCUT2D eigenvalue weighted by atomic mass is 10.1. The highest BCUT2D eigenvalue weighted by Gasteiger charge is 2.41. The Kier molecular flexibility index (Phi) is 6.97. The molecular formula is C22H24F3N7O4. The number of urea groups is 1. The quantitative estimate of drug-likeness (QED) is 0.465. The van der Waals surface area contributed by atoms with Crippen LogP contribution in [0.1, 0.15) is 34.2 Å². The highest BCUT2D eigenvalue weighted by Crippen LogP contribution is 2.39. The van der Waals surface area contributed by atoms with Crippen LogP contribution in [0.5, 0.6) is 0 Å². The number of alkyl halides is 3. The second kappa shape index (κ2) is 9.97. The summed E-state index contributed by atoms with van der Waals surface area (Å²) in [5, 5.41) is 15.9. The Morgan fingerprint density at radius 1 is 1.22 bits per heavy atom. The molecule has 2 atom stereocenters. The van der Waals surface area contributed by atoms with Gasteiger partial charge in [-0.2, -0.15) is 13.2 Å². The second-order valence-corrected chi connectivity index (χ2v) is 8.37. The molecule has 4 heterocycles. The van der Waals surface area contributed by atoms with Crippen LogP contribution in [0.3, 0.4) is 0 Å². The molecule has 0 spiro atoms. The van der Waals surface area contributed by atoms with Crippen molar-refractivity contribution in [1.82, 2.24) is 20.6 Å². The fourth-order valence-corrected chi connectivity index (χ4v) is 4.03. The van der Waals surface area contributed by atoms with Gasteiger partial charge in [-0.15, -0.1) is 0 Å². The number of aliphatic hydroxyl groups excluding tert-OH is 1. The molecule has 36 heavy (non-hydrogen) atoms. The molecule has 0 radical (unpaired) electrons. The van der Waals surface area contributed by atoms with E-state index in [9.17, 15) is 27.6 Å². The number of rotatable bonds is 6. The first-order valence-corrected chi connectivity index (χ1v) is 11.2. The summed E-state index contributed by atoms with van der Waals surface area (Å²) in [6.07, 6.45) is -2.65. The predicted octanol–water partition coefficient (Wildman–Crippen LogP) is 1.51. The van der Waals surface area contributed by atoms with E-state index in [1.165, 1.54) is 29.3 Å². The van der Waals surface area contributed by atoms with Crippen LogP contribution in [-0.4, -0.2) is 77.4 Å². The Morgan fingerprint density at radius 3 is 2.72 bits per heavy atom. The molecule has 4 rings (SSSR count). The number of aliphatic hydroxyl groups is 1. The van der Waals surface area contributed by atoms with Crippen LogP contribution < -0.4 is 25.8 Å². The van der Waals surface area contributed by atoms with E-state index in [2.05, 4.69) is 20.6 Å². The van der Waals surface area contributed by atoms with Crippen LogP contribution in [0.15, 0.2) is 30.5 Å². The molecule has 11 nitrogen and oxygen atoms in total. The minimum absolute atomic E-state index is 0.0644. The normalized spacial score (nSPS) is 17.3. The maximum absolute atomic E-state index is 13.3. The van der Waals surface area contributed by atoms with Gasteiger partial charge in [-0.1, -0.05) is 0 Å². The van der Waals surface area contributed by atoms with Crippen molar-refractivity contribution in [2.45, 2.75) is 31.6 Å². The lowest BCUT2D eigenvalue weighted by Crippen LogP contribution is -2.49. The molecular weight excluding hydrogens is 483 g/mol. The number of anilines is 3. The molecule has 1 unspecified atom stereocenters. The Bertz CT molecular complexity index is 1180. The minimum atomic E-state index is -4.61. The molecule has 14 heteroatoms. The predicted molar refractivity (Wildman–Crippen MR) is 123 cm³/mol. The van der Waals surface area contributed by atoms with Gasteiger partial charge in [-0.25, -0.2) is 14.8 Å². The lowest BCUT2D eigenvalue weighted by Gasteiger charge is -2.35. The van der Waals surface area contributed by atoms with E-state index < -0.39 is 30.1 Å². The third-order valence-corrected chi connectivity index (χ3v) is 5.90. The number of carbonyl (C=O) groups is 3. The van der Waals surface area contributed by atoms with E-state index >= 15 is 0 Å². The number of nitrogens with zero attached hydrogens (tertiary/aromatic N) is 4. The second-order valence-electron chi connectivity index (χ2n) is 8.37. The molecule has 192 valence electrons. The fraction of sp³-hybridized carbons (Fsp3) is 0.409. The van der Waals surface area contributed by atoms with Crippen LogP contribution >= 0.6 is 0 Å². The van der Waals surface area contributed by atoms with Crippen molar-refractivity contribution >= 4 is 35.2 Å². The van der Waals surface area contributed by atoms with Crippen molar-refractivity contribution in [1.29, 1.82) is 0 Å². The summed E-state index contributed by atoms with van der Waals surface area (Å²) in [6.45, 7) is 1.83. The molecule has 1 fully saturated rings. The van der Waals surface area contributed by atoms with Gasteiger partial charge in [0.25, 0.3) is 11.8 Å². The largest absolute Gasteiger partial charge is 0.408 e. The van der Waals surface area contributed by atoms with Gasteiger partial charge in [-0.3, -0.25) is 19.8 Å². The Labute approximate surface area is 203 Å². The van der Waals surface area contributed by atoms with Crippen molar-refractivity contribution in [3.63, 3.8) is 0 Å². The molecule has 2 aliphatic heterocycles. The van der Waals surface area contributed by atoms with Gasteiger partial charge in [0, 0.05) is 31.4 Å². The average Bonchev–Trinajstić information content (AvgIpc) is 3.25. The monoisotopic (exact) mass is 507 g/mol. The van der Waals surface area contributed by atoms with Crippen molar-refractivity contribution < 1.29 is 32.7 Å². The topological polar surface area (TPSA) is 140 Å². The van der Waals surface area contributed by atoms with Gasteiger partial charge in [0.1, 0.15) is 17.6 Å². The maximum Gasteiger partial charge on any atom is 0.408 e. The molecule has 0 aliphatic carbocycles. The first-order valence-electron chi connectivity index (χ1n) is 11.2. The molecule has 0 aromatic carbocycles. The number of pyridine rings is 2. The molecule has 0 saturated carbocycles.